The van der Waals surface area contributed by atoms with Gasteiger partial charge in [0.05, 0.1) is 6.61 Å². The fraction of sp³-hybridized carbons (Fsp3) is 0.941. The molecule has 1 fully saturated rings. The van der Waals surface area contributed by atoms with Gasteiger partial charge in [0, 0.05) is 12.6 Å². The zero-order chi connectivity index (χ0) is 15.9. The van der Waals surface area contributed by atoms with Crippen molar-refractivity contribution in [1.29, 1.82) is 0 Å². The van der Waals surface area contributed by atoms with E-state index >= 15 is 0 Å². The van der Waals surface area contributed by atoms with Crippen molar-refractivity contribution in [3.63, 3.8) is 0 Å². The number of rotatable bonds is 11. The Kier molecular flexibility index (Phi) is 7.67. The first-order valence-electron chi connectivity index (χ1n) is 8.68. The Bertz CT molecular complexity index is 314. The smallest absolute Gasteiger partial charge is 0.327 e. The first-order chi connectivity index (χ1) is 10.1. The average Bonchev–Trinajstić information content (AvgIpc) is 3.30. The molecule has 1 unspecified atom stereocenters. The molecule has 21 heavy (non-hydrogen) atoms. The Hall–Kier alpha value is -0.610. The van der Waals surface area contributed by atoms with E-state index in [1.54, 1.807) is 0 Å². The molecule has 1 saturated carbocycles. The van der Waals surface area contributed by atoms with Gasteiger partial charge < -0.3 is 15.0 Å². The minimum atomic E-state index is -0.511. The number of nitrogens with one attached hydrogen (secondary N) is 1. The van der Waals surface area contributed by atoms with E-state index in [2.05, 4.69) is 38.0 Å². The van der Waals surface area contributed by atoms with Gasteiger partial charge in [0.25, 0.3) is 0 Å². The summed E-state index contributed by atoms with van der Waals surface area (Å²) in [6.45, 7) is 10.5. The van der Waals surface area contributed by atoms with Crippen molar-refractivity contribution in [2.75, 3.05) is 26.7 Å². The molecule has 0 amide bonds. The Morgan fingerprint density at radius 1 is 1.29 bits per heavy atom. The molecule has 0 radical (unpaired) electrons. The molecule has 0 saturated heterocycles. The Balaban J connectivity index is 2.90. The van der Waals surface area contributed by atoms with E-state index in [0.717, 1.165) is 45.2 Å². The van der Waals surface area contributed by atoms with Gasteiger partial charge in [-0.05, 0) is 58.5 Å². The van der Waals surface area contributed by atoms with Gasteiger partial charge >= 0.3 is 5.97 Å². The molecule has 0 aromatic carbocycles. The van der Waals surface area contributed by atoms with E-state index in [0.29, 0.717) is 18.6 Å². The molecule has 1 N–H and O–H groups in total. The standard InChI is InChI=1S/C17H34N2O2/c1-6-12-18-17(14-10-11-14,16(20)21-9-4)13-19(5)15(7-2)8-3/h14-15,18H,6-13H2,1-5H3. The number of esters is 1. The number of likely N-dealkylation sites (N-methyl/N-ethyl adjacent to an activating group) is 1. The van der Waals surface area contributed by atoms with Crippen LogP contribution in [0, 0.1) is 5.92 Å². The summed E-state index contributed by atoms with van der Waals surface area (Å²) in [6, 6.07) is 0.529. The van der Waals surface area contributed by atoms with Crippen LogP contribution in [0.1, 0.15) is 59.8 Å². The van der Waals surface area contributed by atoms with Crippen LogP contribution in [-0.2, 0) is 9.53 Å². The van der Waals surface area contributed by atoms with Crippen LogP contribution in [0.15, 0.2) is 0 Å². The molecule has 124 valence electrons. The highest BCUT2D eigenvalue weighted by atomic mass is 16.5. The normalized spacial score (nSPS) is 18.0. The van der Waals surface area contributed by atoms with Crippen molar-refractivity contribution in [1.82, 2.24) is 10.2 Å². The first kappa shape index (κ1) is 18.4. The van der Waals surface area contributed by atoms with Crippen molar-refractivity contribution >= 4 is 5.97 Å². The maximum atomic E-state index is 12.7. The number of ether oxygens (including phenoxy) is 1. The van der Waals surface area contributed by atoms with E-state index in [4.69, 9.17) is 4.74 Å². The van der Waals surface area contributed by atoms with Gasteiger partial charge in [0.2, 0.25) is 0 Å². The van der Waals surface area contributed by atoms with Crippen LogP contribution in [0.25, 0.3) is 0 Å². The quantitative estimate of drug-likeness (QED) is 0.596. The number of carbonyl (C=O) groups is 1. The van der Waals surface area contributed by atoms with Crippen LogP contribution >= 0.6 is 0 Å². The number of hydrogen-bond donors (Lipinski definition) is 1. The third kappa shape index (κ3) is 4.68. The summed E-state index contributed by atoms with van der Waals surface area (Å²) in [5.74, 6) is 0.374. The van der Waals surface area contributed by atoms with Gasteiger partial charge in [-0.3, -0.25) is 0 Å². The Morgan fingerprint density at radius 3 is 2.33 bits per heavy atom. The molecular weight excluding hydrogens is 264 g/mol. The van der Waals surface area contributed by atoms with Gasteiger partial charge in [-0.2, -0.15) is 0 Å². The summed E-state index contributed by atoms with van der Waals surface area (Å²) in [5.41, 5.74) is -0.511. The second-order valence-corrected chi connectivity index (χ2v) is 6.28. The van der Waals surface area contributed by atoms with Gasteiger partial charge in [0.15, 0.2) is 0 Å². The van der Waals surface area contributed by atoms with Gasteiger partial charge in [-0.15, -0.1) is 0 Å². The first-order valence-corrected chi connectivity index (χ1v) is 8.68. The van der Waals surface area contributed by atoms with Gasteiger partial charge in [-0.1, -0.05) is 20.8 Å². The largest absolute Gasteiger partial charge is 0.465 e. The third-order valence-corrected chi connectivity index (χ3v) is 4.67. The Labute approximate surface area is 130 Å². The summed E-state index contributed by atoms with van der Waals surface area (Å²) in [6.07, 6.45) is 5.52. The fourth-order valence-corrected chi connectivity index (χ4v) is 3.25. The summed E-state index contributed by atoms with van der Waals surface area (Å²) in [4.78, 5) is 15.0. The number of nitrogens with zero attached hydrogens (tertiary/aromatic N) is 1. The molecular formula is C17H34N2O2. The average molecular weight is 298 g/mol. The van der Waals surface area contributed by atoms with Crippen molar-refractivity contribution in [3.8, 4) is 0 Å². The highest BCUT2D eigenvalue weighted by Gasteiger charge is 2.52. The minimum Gasteiger partial charge on any atom is -0.465 e. The summed E-state index contributed by atoms with van der Waals surface area (Å²) >= 11 is 0. The molecule has 0 aliphatic heterocycles. The van der Waals surface area contributed by atoms with Crippen LogP contribution in [0.4, 0.5) is 0 Å². The van der Waals surface area contributed by atoms with E-state index in [-0.39, 0.29) is 5.97 Å². The third-order valence-electron chi connectivity index (χ3n) is 4.67. The SMILES string of the molecule is CCCNC(CN(C)C(CC)CC)(C(=O)OCC)C1CC1. The van der Waals surface area contributed by atoms with E-state index in [1.165, 1.54) is 0 Å². The molecule has 1 atom stereocenters. The lowest BCUT2D eigenvalue weighted by molar-refractivity contribution is -0.153. The summed E-state index contributed by atoms with van der Waals surface area (Å²) < 4.78 is 5.43. The molecule has 1 aliphatic rings. The van der Waals surface area contributed by atoms with Crippen molar-refractivity contribution in [2.45, 2.75) is 71.4 Å². The predicted octanol–water partition coefficient (Wildman–Crippen LogP) is 2.82. The molecule has 4 nitrogen and oxygen atoms in total. The van der Waals surface area contributed by atoms with Crippen LogP contribution in [0.3, 0.4) is 0 Å². The second kappa shape index (κ2) is 8.74. The van der Waals surface area contributed by atoms with Crippen LogP contribution < -0.4 is 5.32 Å². The van der Waals surface area contributed by atoms with Gasteiger partial charge in [-0.25, -0.2) is 4.79 Å². The molecule has 0 spiro atoms. The number of carbonyl (C=O) groups excluding carboxylic acids is 1. The lowest BCUT2D eigenvalue weighted by Gasteiger charge is -2.39. The van der Waals surface area contributed by atoms with Crippen molar-refractivity contribution in [3.05, 3.63) is 0 Å². The van der Waals surface area contributed by atoms with E-state index in [1.807, 2.05) is 6.92 Å². The van der Waals surface area contributed by atoms with Crippen LogP contribution in [0.5, 0.6) is 0 Å². The topological polar surface area (TPSA) is 41.6 Å². The molecule has 1 rings (SSSR count). The van der Waals surface area contributed by atoms with Crippen molar-refractivity contribution < 1.29 is 9.53 Å². The maximum absolute atomic E-state index is 12.7. The lowest BCUT2D eigenvalue weighted by Crippen LogP contribution is -2.62. The van der Waals surface area contributed by atoms with Crippen molar-refractivity contribution in [2.24, 2.45) is 5.92 Å². The molecule has 0 aromatic rings. The van der Waals surface area contributed by atoms with E-state index in [9.17, 15) is 4.79 Å². The summed E-state index contributed by atoms with van der Waals surface area (Å²) in [7, 11) is 2.14. The second-order valence-electron chi connectivity index (χ2n) is 6.28. The molecule has 0 bridgehead atoms. The fourth-order valence-electron chi connectivity index (χ4n) is 3.25. The maximum Gasteiger partial charge on any atom is 0.327 e. The molecule has 0 heterocycles. The van der Waals surface area contributed by atoms with E-state index < -0.39 is 5.54 Å². The Morgan fingerprint density at radius 2 is 1.90 bits per heavy atom. The zero-order valence-corrected chi connectivity index (χ0v) is 14.6. The highest BCUT2D eigenvalue weighted by Crippen LogP contribution is 2.41. The van der Waals surface area contributed by atoms with Crippen LogP contribution in [-0.4, -0.2) is 49.2 Å². The summed E-state index contributed by atoms with van der Waals surface area (Å²) in [5, 5.41) is 3.55. The molecule has 0 aromatic heterocycles. The zero-order valence-electron chi connectivity index (χ0n) is 14.6. The lowest BCUT2D eigenvalue weighted by atomic mass is 9.91. The van der Waals surface area contributed by atoms with Crippen LogP contribution in [0.2, 0.25) is 0 Å². The predicted molar refractivity (Wildman–Crippen MR) is 87.4 cm³/mol. The monoisotopic (exact) mass is 298 g/mol. The minimum absolute atomic E-state index is 0.0567. The molecule has 1 aliphatic carbocycles. The highest BCUT2D eigenvalue weighted by molar-refractivity contribution is 5.82. The molecule has 4 heteroatoms. The number of hydrogen-bond acceptors (Lipinski definition) is 4. The van der Waals surface area contributed by atoms with Gasteiger partial charge in [0.1, 0.15) is 5.54 Å².